The van der Waals surface area contributed by atoms with Gasteiger partial charge in [-0.1, -0.05) is 27.5 Å². The van der Waals surface area contributed by atoms with Crippen LogP contribution in [-0.4, -0.2) is 32.3 Å². The van der Waals surface area contributed by atoms with Crippen molar-refractivity contribution in [3.8, 4) is 0 Å². The SMILES string of the molecule is O=C(CCc1cc(Br)ccc1F)NC1CCC([Si])(Nc2cc(C(F)(F)F)nc3ccc(Cl)cc23)CC1. The molecule has 3 aromatic rings. The third-order valence-electron chi connectivity index (χ3n) is 6.27. The fraction of sp³-hybridized carbons (Fsp3) is 0.360. The number of rotatable bonds is 6. The van der Waals surface area contributed by atoms with Gasteiger partial charge in [0.2, 0.25) is 5.91 Å². The van der Waals surface area contributed by atoms with Gasteiger partial charge < -0.3 is 10.6 Å². The second-order valence-corrected chi connectivity index (χ2v) is 11.3. The molecule has 0 atom stereocenters. The minimum Gasteiger partial charge on any atom is -0.383 e. The van der Waals surface area contributed by atoms with Crippen LogP contribution in [0, 0.1) is 5.82 Å². The third kappa shape index (κ3) is 6.57. The zero-order valence-corrected chi connectivity index (χ0v) is 22.3. The second-order valence-electron chi connectivity index (χ2n) is 9.00. The van der Waals surface area contributed by atoms with Crippen LogP contribution < -0.4 is 10.6 Å². The van der Waals surface area contributed by atoms with Gasteiger partial charge in [0.05, 0.1) is 15.8 Å². The molecule has 1 heterocycles. The summed E-state index contributed by atoms with van der Waals surface area (Å²) >= 11 is 9.40. The number of carbonyl (C=O) groups is 1. The maximum Gasteiger partial charge on any atom is 0.433 e. The van der Waals surface area contributed by atoms with E-state index in [0.717, 1.165) is 10.5 Å². The van der Waals surface area contributed by atoms with Crippen LogP contribution in [0.4, 0.5) is 23.2 Å². The Morgan fingerprint density at radius 1 is 1.17 bits per heavy atom. The average Bonchev–Trinajstić information content (AvgIpc) is 2.81. The summed E-state index contributed by atoms with van der Waals surface area (Å²) in [5, 5.41) is 6.44. The number of pyridine rings is 1. The van der Waals surface area contributed by atoms with Crippen molar-refractivity contribution in [1.82, 2.24) is 10.3 Å². The van der Waals surface area contributed by atoms with Gasteiger partial charge in [0.1, 0.15) is 11.5 Å². The van der Waals surface area contributed by atoms with Gasteiger partial charge in [0, 0.05) is 38.2 Å². The Morgan fingerprint density at radius 2 is 1.89 bits per heavy atom. The van der Waals surface area contributed by atoms with E-state index in [2.05, 4.69) is 41.8 Å². The van der Waals surface area contributed by atoms with Crippen molar-refractivity contribution in [2.45, 2.75) is 55.9 Å². The van der Waals surface area contributed by atoms with Crippen LogP contribution in [0.1, 0.15) is 43.4 Å². The Hall–Kier alpha value is -2.17. The molecule has 36 heavy (non-hydrogen) atoms. The second kappa shape index (κ2) is 10.7. The maximum absolute atomic E-state index is 13.9. The summed E-state index contributed by atoms with van der Waals surface area (Å²) in [5.41, 5.74) is -0.0504. The molecule has 0 bridgehead atoms. The molecule has 0 aliphatic heterocycles. The minimum atomic E-state index is -4.59. The highest BCUT2D eigenvalue weighted by Gasteiger charge is 2.36. The largest absolute Gasteiger partial charge is 0.433 e. The highest BCUT2D eigenvalue weighted by molar-refractivity contribution is 9.10. The lowest BCUT2D eigenvalue weighted by Gasteiger charge is -2.39. The summed E-state index contributed by atoms with van der Waals surface area (Å²) in [5.74, 6) is -0.518. The molecule has 1 amide bonds. The number of alkyl halides is 3. The van der Waals surface area contributed by atoms with E-state index in [9.17, 15) is 22.4 Å². The number of anilines is 1. The summed E-state index contributed by atoms with van der Waals surface area (Å²) in [6.45, 7) is 0. The number of aryl methyl sites for hydroxylation is 1. The molecule has 0 unspecified atom stereocenters. The standard InChI is InChI=1S/C25H22BrClF4N3OSi/c26-15-2-4-19(28)14(11-15)1-6-23(35)32-17-7-9-24(36,10-8-17)34-21-13-22(25(29,30)31)33-20-5-3-16(27)12-18(20)21/h2-5,11-13,17H,1,6-10H2,(H,32,35)(H,33,34). The van der Waals surface area contributed by atoms with Gasteiger partial charge in [-0.25, -0.2) is 9.37 Å². The van der Waals surface area contributed by atoms with Gasteiger partial charge in [-0.3, -0.25) is 4.79 Å². The van der Waals surface area contributed by atoms with Crippen LogP contribution in [0.3, 0.4) is 0 Å². The van der Waals surface area contributed by atoms with Crippen molar-refractivity contribution >= 4 is 60.3 Å². The Labute approximate surface area is 222 Å². The highest BCUT2D eigenvalue weighted by Crippen LogP contribution is 2.37. The molecule has 1 fully saturated rings. The Morgan fingerprint density at radius 3 is 2.58 bits per heavy atom. The topological polar surface area (TPSA) is 54.0 Å². The molecule has 2 N–H and O–H groups in total. The molecular formula is C25H22BrClF4N3OSi. The van der Waals surface area contributed by atoms with Crippen LogP contribution in [-0.2, 0) is 17.4 Å². The van der Waals surface area contributed by atoms with Crippen molar-refractivity contribution in [1.29, 1.82) is 0 Å². The van der Waals surface area contributed by atoms with Gasteiger partial charge in [-0.2, -0.15) is 13.2 Å². The summed E-state index contributed by atoms with van der Waals surface area (Å²) in [6, 6.07) is 10.1. The highest BCUT2D eigenvalue weighted by atomic mass is 79.9. The first kappa shape index (κ1) is 26.9. The van der Waals surface area contributed by atoms with Gasteiger partial charge >= 0.3 is 6.18 Å². The molecule has 0 spiro atoms. The first-order chi connectivity index (χ1) is 16.9. The number of carbonyl (C=O) groups excluding carboxylic acids is 1. The smallest absolute Gasteiger partial charge is 0.383 e. The minimum absolute atomic E-state index is 0.0782. The van der Waals surface area contributed by atoms with Crippen LogP contribution in [0.2, 0.25) is 5.02 Å². The molecule has 11 heteroatoms. The fourth-order valence-corrected chi connectivity index (χ4v) is 5.37. The molecule has 1 aliphatic carbocycles. The number of benzene rings is 2. The predicted octanol–water partition coefficient (Wildman–Crippen LogP) is 6.78. The van der Waals surface area contributed by atoms with Gasteiger partial charge in [-0.05, 0) is 80.1 Å². The monoisotopic (exact) mass is 598 g/mol. The van der Waals surface area contributed by atoms with Crippen LogP contribution in [0.5, 0.6) is 0 Å². The van der Waals surface area contributed by atoms with E-state index in [1.54, 1.807) is 18.2 Å². The molecule has 0 saturated heterocycles. The van der Waals surface area contributed by atoms with E-state index in [1.807, 2.05) is 0 Å². The zero-order chi connectivity index (χ0) is 26.1. The number of fused-ring (bicyclic) bond motifs is 1. The average molecular weight is 600 g/mol. The molecular weight excluding hydrogens is 578 g/mol. The summed E-state index contributed by atoms with van der Waals surface area (Å²) in [4.78, 5) is 16.2. The zero-order valence-electron chi connectivity index (χ0n) is 19.0. The molecule has 1 aromatic heterocycles. The number of amides is 1. The van der Waals surface area contributed by atoms with E-state index < -0.39 is 17.0 Å². The molecule has 4 nitrogen and oxygen atoms in total. The molecule has 189 valence electrons. The molecule has 1 aliphatic rings. The van der Waals surface area contributed by atoms with Crippen molar-refractivity contribution < 1.29 is 22.4 Å². The van der Waals surface area contributed by atoms with E-state index in [4.69, 9.17) is 11.6 Å². The number of hydrogen-bond acceptors (Lipinski definition) is 3. The fourth-order valence-electron chi connectivity index (χ4n) is 4.37. The first-order valence-corrected chi connectivity index (χ1v) is 13.0. The molecule has 4 rings (SSSR count). The van der Waals surface area contributed by atoms with Crippen LogP contribution >= 0.6 is 27.5 Å². The Balaban J connectivity index is 1.39. The first-order valence-electron chi connectivity index (χ1n) is 11.4. The predicted molar refractivity (Wildman–Crippen MR) is 137 cm³/mol. The van der Waals surface area contributed by atoms with Gasteiger partial charge in [-0.15, -0.1) is 0 Å². The Kier molecular flexibility index (Phi) is 7.97. The van der Waals surface area contributed by atoms with E-state index in [0.29, 0.717) is 41.7 Å². The van der Waals surface area contributed by atoms with E-state index in [-0.39, 0.29) is 41.8 Å². The number of aromatic nitrogens is 1. The van der Waals surface area contributed by atoms with Gasteiger partial charge in [0.15, 0.2) is 0 Å². The van der Waals surface area contributed by atoms with Crippen LogP contribution in [0.15, 0.2) is 46.9 Å². The van der Waals surface area contributed by atoms with Crippen LogP contribution in [0.25, 0.3) is 10.9 Å². The van der Waals surface area contributed by atoms with Crippen molar-refractivity contribution in [2.24, 2.45) is 0 Å². The number of halogens is 6. The number of nitrogens with one attached hydrogen (secondary N) is 2. The summed E-state index contributed by atoms with van der Waals surface area (Å²) < 4.78 is 55.0. The lowest BCUT2D eigenvalue weighted by molar-refractivity contribution is -0.140. The van der Waals surface area contributed by atoms with E-state index in [1.165, 1.54) is 18.2 Å². The lowest BCUT2D eigenvalue weighted by Crippen LogP contribution is -2.48. The number of hydrogen-bond donors (Lipinski definition) is 2. The molecule has 2 aromatic carbocycles. The summed E-state index contributed by atoms with van der Waals surface area (Å²) in [6.07, 6.45) is -1.81. The number of nitrogens with zero attached hydrogens (tertiary/aromatic N) is 1. The third-order valence-corrected chi connectivity index (χ3v) is 7.62. The Bertz CT molecular complexity index is 1280. The molecule has 3 radical (unpaired) electrons. The maximum atomic E-state index is 13.9. The van der Waals surface area contributed by atoms with E-state index >= 15 is 0 Å². The molecule has 1 saturated carbocycles. The van der Waals surface area contributed by atoms with Gasteiger partial charge in [0.25, 0.3) is 0 Å². The van der Waals surface area contributed by atoms with Crippen molar-refractivity contribution in [3.63, 3.8) is 0 Å². The van der Waals surface area contributed by atoms with Crippen molar-refractivity contribution in [2.75, 3.05) is 5.32 Å². The normalized spacial score (nSPS) is 20.4. The quantitative estimate of drug-likeness (QED) is 0.243. The lowest BCUT2D eigenvalue weighted by atomic mass is 9.89. The van der Waals surface area contributed by atoms with Crippen molar-refractivity contribution in [3.05, 3.63) is 69.0 Å². The summed E-state index contributed by atoms with van der Waals surface area (Å²) in [7, 11) is 3.74.